The fraction of sp³-hybridized carbons (Fsp3) is 0.600. The van der Waals surface area contributed by atoms with Crippen molar-refractivity contribution in [1.82, 2.24) is 10.1 Å². The van der Waals surface area contributed by atoms with E-state index in [2.05, 4.69) is 0 Å². The molecule has 1 spiro atoms. The van der Waals surface area contributed by atoms with E-state index in [1.807, 2.05) is 32.9 Å². The van der Waals surface area contributed by atoms with Crippen LogP contribution in [0.2, 0.25) is 0 Å². The molecule has 2 aliphatic rings. The van der Waals surface area contributed by atoms with Gasteiger partial charge in [-0.25, -0.2) is 14.7 Å². The third-order valence-electron chi connectivity index (χ3n) is 6.32. The maximum Gasteiger partial charge on any atom is 0.513 e. The van der Waals surface area contributed by atoms with Crippen LogP contribution in [0.1, 0.15) is 42.0 Å². The van der Waals surface area contributed by atoms with Gasteiger partial charge in [-0.3, -0.25) is 4.79 Å². The normalized spacial score (nSPS) is 18.0. The number of hydroxylamine groups is 4. The number of hydrogen-bond acceptors (Lipinski definition) is 9. The van der Waals surface area contributed by atoms with E-state index in [0.29, 0.717) is 44.7 Å². The molecule has 0 radical (unpaired) electrons. The summed E-state index contributed by atoms with van der Waals surface area (Å²) in [5.41, 5.74) is 2.88. The number of carbonyl (C=O) groups is 2. The molecule has 0 saturated carbocycles. The Morgan fingerprint density at radius 3 is 2.29 bits per heavy atom. The number of nitrogens with zero attached hydrogens (tertiary/aromatic N) is 2. The minimum atomic E-state index is -1.03. The number of carbonyl (C=O) groups excluding carboxylic acids is 2. The lowest BCUT2D eigenvalue weighted by molar-refractivity contribution is -0.264. The summed E-state index contributed by atoms with van der Waals surface area (Å²) >= 11 is 0. The molecule has 0 unspecified atom stereocenters. The summed E-state index contributed by atoms with van der Waals surface area (Å²) in [6.45, 7) is 9.28. The van der Waals surface area contributed by atoms with Gasteiger partial charge in [-0.15, -0.1) is 0 Å². The molecule has 3 rings (SSSR count). The lowest BCUT2D eigenvalue weighted by atomic mass is 9.84. The molecule has 10 heteroatoms. The van der Waals surface area contributed by atoms with Crippen LogP contribution in [0.5, 0.6) is 0 Å². The molecule has 1 aromatic rings. The maximum atomic E-state index is 14.0. The highest BCUT2D eigenvalue weighted by Gasteiger charge is 2.57. The molecular weight excluding hydrogens is 456 g/mol. The summed E-state index contributed by atoms with van der Waals surface area (Å²) in [7, 11) is 3.18. The summed E-state index contributed by atoms with van der Waals surface area (Å²) in [6.07, 6.45) is -0.0124. The molecule has 194 valence electrons. The summed E-state index contributed by atoms with van der Waals surface area (Å²) in [4.78, 5) is 37.9. The highest BCUT2D eigenvalue weighted by molar-refractivity contribution is 6.23. The second kappa shape index (κ2) is 12.0. The number of rotatable bonds is 10. The Labute approximate surface area is 206 Å². The highest BCUT2D eigenvalue weighted by atomic mass is 16.8. The molecule has 0 atom stereocenters. The lowest BCUT2D eigenvalue weighted by Gasteiger charge is -2.43. The van der Waals surface area contributed by atoms with Crippen molar-refractivity contribution in [2.45, 2.75) is 46.1 Å². The van der Waals surface area contributed by atoms with Crippen molar-refractivity contribution in [3.8, 4) is 0 Å². The van der Waals surface area contributed by atoms with E-state index in [9.17, 15) is 9.59 Å². The van der Waals surface area contributed by atoms with Gasteiger partial charge in [0.2, 0.25) is 0 Å². The van der Waals surface area contributed by atoms with Crippen molar-refractivity contribution >= 4 is 17.6 Å². The van der Waals surface area contributed by atoms with Crippen LogP contribution in [0.15, 0.2) is 17.9 Å². The fourth-order valence-electron chi connectivity index (χ4n) is 4.83. The average Bonchev–Trinajstić information content (AvgIpc) is 3.01. The predicted molar refractivity (Wildman–Crippen MR) is 127 cm³/mol. The van der Waals surface area contributed by atoms with E-state index < -0.39 is 11.7 Å². The number of amides is 1. The number of aryl methyl sites for hydroxylation is 3. The van der Waals surface area contributed by atoms with Crippen LogP contribution in [0.25, 0.3) is 5.57 Å². The van der Waals surface area contributed by atoms with Crippen LogP contribution in [-0.4, -0.2) is 81.7 Å². The Balaban J connectivity index is 2.10. The van der Waals surface area contributed by atoms with Gasteiger partial charge in [0, 0.05) is 20.2 Å². The number of piperidine rings is 1. The summed E-state index contributed by atoms with van der Waals surface area (Å²) in [6, 6.07) is 4.00. The van der Waals surface area contributed by atoms with E-state index >= 15 is 0 Å². The predicted octanol–water partition coefficient (Wildman–Crippen LogP) is 3.29. The Morgan fingerprint density at radius 2 is 1.71 bits per heavy atom. The Bertz CT molecular complexity index is 930. The molecule has 1 amide bonds. The SMILES string of the molecule is CCOC(=O)OC1=C(c2c(C)cc(C)cc2C)C(=O)N(OCOCCOC)C12CCN(OC)CC2. The zero-order valence-corrected chi connectivity index (χ0v) is 21.5. The van der Waals surface area contributed by atoms with E-state index in [4.69, 9.17) is 28.6 Å². The minimum absolute atomic E-state index is 0.149. The number of hydrogen-bond donors (Lipinski definition) is 0. The Kier molecular flexibility index (Phi) is 9.26. The second-order valence-corrected chi connectivity index (χ2v) is 8.65. The molecule has 1 fully saturated rings. The van der Waals surface area contributed by atoms with Gasteiger partial charge in [-0.05, 0) is 57.2 Å². The number of ether oxygens (including phenoxy) is 4. The quantitative estimate of drug-likeness (QED) is 0.277. The lowest BCUT2D eigenvalue weighted by Crippen LogP contribution is -2.55. The molecule has 2 aliphatic heterocycles. The first-order valence-electron chi connectivity index (χ1n) is 11.8. The zero-order chi connectivity index (χ0) is 25.6. The van der Waals surface area contributed by atoms with Gasteiger partial charge in [0.25, 0.3) is 5.91 Å². The molecule has 0 aromatic heterocycles. The molecule has 0 bridgehead atoms. The van der Waals surface area contributed by atoms with Gasteiger partial charge < -0.3 is 23.8 Å². The summed E-state index contributed by atoms with van der Waals surface area (Å²) in [5.74, 6) is -0.149. The largest absolute Gasteiger partial charge is 0.513 e. The van der Waals surface area contributed by atoms with Gasteiger partial charge in [0.1, 0.15) is 5.54 Å². The van der Waals surface area contributed by atoms with E-state index in [-0.39, 0.29) is 25.1 Å². The number of benzene rings is 1. The summed E-state index contributed by atoms with van der Waals surface area (Å²) < 4.78 is 21.4. The standard InChI is InChI=1S/C25H36N2O8/c1-7-33-24(29)35-22-21(20-18(3)14-17(2)15-19(20)4)23(28)27(34-16-32-13-12-30-5)25(22)8-10-26(31-6)11-9-25/h14-15H,7-13,16H2,1-6H3. The van der Waals surface area contributed by atoms with E-state index in [0.717, 1.165) is 22.3 Å². The first-order valence-corrected chi connectivity index (χ1v) is 11.8. The smallest absolute Gasteiger partial charge is 0.434 e. The molecule has 1 aromatic carbocycles. The van der Waals surface area contributed by atoms with Crippen molar-refractivity contribution in [3.05, 3.63) is 40.1 Å². The molecule has 0 N–H and O–H groups in total. The van der Waals surface area contributed by atoms with Gasteiger partial charge in [0.15, 0.2) is 12.6 Å². The van der Waals surface area contributed by atoms with Crippen LogP contribution in [0.3, 0.4) is 0 Å². The highest BCUT2D eigenvalue weighted by Crippen LogP contribution is 2.48. The fourth-order valence-corrected chi connectivity index (χ4v) is 4.83. The van der Waals surface area contributed by atoms with Gasteiger partial charge >= 0.3 is 6.16 Å². The first kappa shape index (κ1) is 27.1. The second-order valence-electron chi connectivity index (χ2n) is 8.65. The van der Waals surface area contributed by atoms with E-state index in [1.165, 1.54) is 5.06 Å². The maximum absolute atomic E-state index is 14.0. The van der Waals surface area contributed by atoms with Crippen molar-refractivity contribution in [2.24, 2.45) is 0 Å². The van der Waals surface area contributed by atoms with Crippen LogP contribution in [0.4, 0.5) is 4.79 Å². The van der Waals surface area contributed by atoms with Crippen molar-refractivity contribution in [1.29, 1.82) is 0 Å². The third kappa shape index (κ3) is 5.68. The average molecular weight is 493 g/mol. The van der Waals surface area contributed by atoms with Gasteiger partial charge in [0.05, 0.1) is 32.5 Å². The monoisotopic (exact) mass is 492 g/mol. The molecule has 1 saturated heterocycles. The number of methoxy groups -OCH3 is 1. The van der Waals surface area contributed by atoms with Crippen LogP contribution in [-0.2, 0) is 33.4 Å². The zero-order valence-electron chi connectivity index (χ0n) is 21.5. The van der Waals surface area contributed by atoms with Crippen LogP contribution < -0.4 is 0 Å². The van der Waals surface area contributed by atoms with E-state index in [1.54, 1.807) is 26.2 Å². The Hall–Kier alpha value is -2.50. The van der Waals surface area contributed by atoms with Crippen LogP contribution >= 0.6 is 0 Å². The molecule has 35 heavy (non-hydrogen) atoms. The molecule has 2 heterocycles. The molecule has 0 aliphatic carbocycles. The van der Waals surface area contributed by atoms with Crippen molar-refractivity contribution in [2.75, 3.05) is 53.9 Å². The van der Waals surface area contributed by atoms with Crippen molar-refractivity contribution < 1.29 is 38.2 Å². The third-order valence-corrected chi connectivity index (χ3v) is 6.32. The minimum Gasteiger partial charge on any atom is -0.434 e. The van der Waals surface area contributed by atoms with Crippen LogP contribution in [0, 0.1) is 20.8 Å². The Morgan fingerprint density at radius 1 is 1.06 bits per heavy atom. The summed E-state index contributed by atoms with van der Waals surface area (Å²) in [5, 5.41) is 3.11. The van der Waals surface area contributed by atoms with Gasteiger partial charge in [-0.1, -0.05) is 17.7 Å². The molecular formula is C25H36N2O8. The topological polar surface area (TPSA) is 96.0 Å². The molecule has 10 nitrogen and oxygen atoms in total. The first-order chi connectivity index (χ1) is 16.8. The van der Waals surface area contributed by atoms with Crippen molar-refractivity contribution in [3.63, 3.8) is 0 Å². The van der Waals surface area contributed by atoms with Gasteiger partial charge in [-0.2, -0.15) is 5.06 Å².